The van der Waals surface area contributed by atoms with E-state index in [2.05, 4.69) is 47.1 Å². The third-order valence-electron chi connectivity index (χ3n) is 6.13. The standard InChI is InChI=1S/C33H38N2O4/c1-24-14-16-26(17-15-24)21-35(23-31(36)39-33(3,4)5)22-27-10-9-13-29(20-27)37-19-18-30-25(2)38-32(34-30)28-11-7-6-8-12-28/h6-17,20H,18-19,21-23H2,1-5H3. The molecule has 4 aromatic rings. The fourth-order valence-corrected chi connectivity index (χ4v) is 4.30. The molecule has 0 radical (unpaired) electrons. The highest BCUT2D eigenvalue weighted by molar-refractivity contribution is 5.72. The first-order valence-corrected chi connectivity index (χ1v) is 13.4. The molecule has 0 atom stereocenters. The summed E-state index contributed by atoms with van der Waals surface area (Å²) in [5.74, 6) is 1.98. The van der Waals surface area contributed by atoms with Crippen LogP contribution in [-0.4, -0.2) is 34.6 Å². The van der Waals surface area contributed by atoms with Gasteiger partial charge in [-0.2, -0.15) is 0 Å². The molecule has 204 valence electrons. The Morgan fingerprint density at radius 3 is 2.33 bits per heavy atom. The Kier molecular flexibility index (Phi) is 9.20. The summed E-state index contributed by atoms with van der Waals surface area (Å²) >= 11 is 0. The van der Waals surface area contributed by atoms with Gasteiger partial charge in [0.1, 0.15) is 17.1 Å². The molecule has 0 N–H and O–H groups in total. The van der Waals surface area contributed by atoms with E-state index in [9.17, 15) is 4.79 Å². The summed E-state index contributed by atoms with van der Waals surface area (Å²) in [5, 5.41) is 0. The molecule has 0 saturated heterocycles. The first-order chi connectivity index (χ1) is 18.6. The molecule has 0 bridgehead atoms. The first-order valence-electron chi connectivity index (χ1n) is 13.4. The van der Waals surface area contributed by atoms with E-state index in [-0.39, 0.29) is 12.5 Å². The van der Waals surface area contributed by atoms with Crippen LogP contribution in [0.4, 0.5) is 0 Å². The van der Waals surface area contributed by atoms with Gasteiger partial charge in [0.2, 0.25) is 5.89 Å². The second kappa shape index (κ2) is 12.8. The highest BCUT2D eigenvalue weighted by Gasteiger charge is 2.20. The topological polar surface area (TPSA) is 64.8 Å². The molecule has 0 unspecified atom stereocenters. The van der Waals surface area contributed by atoms with Crippen molar-refractivity contribution in [2.24, 2.45) is 0 Å². The third-order valence-corrected chi connectivity index (χ3v) is 6.13. The van der Waals surface area contributed by atoms with Crippen LogP contribution >= 0.6 is 0 Å². The van der Waals surface area contributed by atoms with Crippen molar-refractivity contribution in [2.45, 2.75) is 59.7 Å². The van der Waals surface area contributed by atoms with E-state index in [1.165, 1.54) is 5.56 Å². The Morgan fingerprint density at radius 2 is 1.62 bits per heavy atom. The van der Waals surface area contributed by atoms with E-state index in [0.29, 0.717) is 32.0 Å². The molecule has 0 aliphatic rings. The lowest BCUT2D eigenvalue weighted by atomic mass is 10.1. The number of aromatic nitrogens is 1. The normalized spacial score (nSPS) is 11.5. The van der Waals surface area contributed by atoms with Gasteiger partial charge in [0.05, 0.1) is 18.8 Å². The summed E-state index contributed by atoms with van der Waals surface area (Å²) in [6.07, 6.45) is 0.643. The predicted molar refractivity (Wildman–Crippen MR) is 153 cm³/mol. The zero-order valence-electron chi connectivity index (χ0n) is 23.6. The molecule has 6 heteroatoms. The van der Waals surface area contributed by atoms with E-state index < -0.39 is 5.60 Å². The van der Waals surface area contributed by atoms with Gasteiger partial charge in [0.25, 0.3) is 0 Å². The van der Waals surface area contributed by atoms with Crippen molar-refractivity contribution in [2.75, 3.05) is 13.2 Å². The summed E-state index contributed by atoms with van der Waals surface area (Å²) in [4.78, 5) is 19.4. The summed E-state index contributed by atoms with van der Waals surface area (Å²) < 4.78 is 17.6. The zero-order valence-corrected chi connectivity index (χ0v) is 23.6. The smallest absolute Gasteiger partial charge is 0.320 e. The second-order valence-electron chi connectivity index (χ2n) is 10.9. The van der Waals surface area contributed by atoms with E-state index in [0.717, 1.165) is 33.9 Å². The lowest BCUT2D eigenvalue weighted by molar-refractivity contribution is -0.156. The number of ether oxygens (including phenoxy) is 2. The monoisotopic (exact) mass is 526 g/mol. The van der Waals surface area contributed by atoms with E-state index in [1.54, 1.807) is 0 Å². The Labute approximate surface area is 231 Å². The number of benzene rings is 3. The molecule has 0 fully saturated rings. The van der Waals surface area contributed by atoms with Crippen LogP contribution in [0.5, 0.6) is 5.75 Å². The van der Waals surface area contributed by atoms with Crippen LogP contribution in [0.2, 0.25) is 0 Å². The molecule has 3 aromatic carbocycles. The number of aryl methyl sites for hydroxylation is 2. The van der Waals surface area contributed by atoms with Crippen molar-refractivity contribution in [3.8, 4) is 17.2 Å². The SMILES string of the molecule is Cc1ccc(CN(CC(=O)OC(C)(C)C)Cc2cccc(OCCc3nc(-c4ccccc4)oc3C)c2)cc1. The van der Waals surface area contributed by atoms with E-state index >= 15 is 0 Å². The molecule has 0 aliphatic carbocycles. The van der Waals surface area contributed by atoms with Crippen molar-refractivity contribution < 1.29 is 18.7 Å². The number of oxazole rings is 1. The first kappa shape index (κ1) is 28.1. The van der Waals surface area contributed by atoms with Crippen molar-refractivity contribution in [1.82, 2.24) is 9.88 Å². The van der Waals surface area contributed by atoms with Crippen LogP contribution in [0.1, 0.15) is 48.9 Å². The Hall–Kier alpha value is -3.90. The van der Waals surface area contributed by atoms with Gasteiger partial charge in [-0.1, -0.05) is 60.2 Å². The lowest BCUT2D eigenvalue weighted by Gasteiger charge is -2.25. The van der Waals surface area contributed by atoms with Crippen LogP contribution in [0, 0.1) is 13.8 Å². The minimum Gasteiger partial charge on any atom is -0.493 e. The molecule has 0 amide bonds. The van der Waals surface area contributed by atoms with E-state index in [4.69, 9.17) is 13.9 Å². The van der Waals surface area contributed by atoms with Gasteiger partial charge in [0.15, 0.2) is 0 Å². The Morgan fingerprint density at radius 1 is 0.897 bits per heavy atom. The highest BCUT2D eigenvalue weighted by Crippen LogP contribution is 2.22. The lowest BCUT2D eigenvalue weighted by Crippen LogP contribution is -2.34. The van der Waals surface area contributed by atoms with Crippen LogP contribution in [0.15, 0.2) is 83.3 Å². The number of carbonyl (C=O) groups excluding carboxylic acids is 1. The number of rotatable bonds is 11. The minimum absolute atomic E-state index is 0.200. The van der Waals surface area contributed by atoms with Gasteiger partial charge in [-0.25, -0.2) is 4.98 Å². The largest absolute Gasteiger partial charge is 0.493 e. The number of hydrogen-bond donors (Lipinski definition) is 0. The molecule has 1 heterocycles. The minimum atomic E-state index is -0.523. The van der Waals surface area contributed by atoms with Crippen molar-refractivity contribution in [3.05, 3.63) is 107 Å². The van der Waals surface area contributed by atoms with Crippen LogP contribution in [-0.2, 0) is 29.0 Å². The summed E-state index contributed by atoms with van der Waals surface area (Å²) in [7, 11) is 0. The van der Waals surface area contributed by atoms with Gasteiger partial charge in [-0.3, -0.25) is 9.69 Å². The van der Waals surface area contributed by atoms with Gasteiger partial charge < -0.3 is 13.9 Å². The summed E-state index contributed by atoms with van der Waals surface area (Å²) in [6, 6.07) is 26.3. The van der Waals surface area contributed by atoms with Crippen LogP contribution < -0.4 is 4.74 Å². The second-order valence-corrected chi connectivity index (χ2v) is 10.9. The van der Waals surface area contributed by atoms with Crippen LogP contribution in [0.25, 0.3) is 11.5 Å². The maximum atomic E-state index is 12.7. The molecule has 6 nitrogen and oxygen atoms in total. The van der Waals surface area contributed by atoms with E-state index in [1.807, 2.05) is 76.2 Å². The molecule has 0 spiro atoms. The maximum Gasteiger partial charge on any atom is 0.320 e. The molecule has 4 rings (SSSR count). The van der Waals surface area contributed by atoms with Crippen molar-refractivity contribution >= 4 is 5.97 Å². The predicted octanol–water partition coefficient (Wildman–Crippen LogP) is 6.92. The van der Waals surface area contributed by atoms with Crippen molar-refractivity contribution in [3.63, 3.8) is 0 Å². The quantitative estimate of drug-likeness (QED) is 0.198. The number of esters is 1. The average Bonchev–Trinajstić information content (AvgIpc) is 3.25. The van der Waals surface area contributed by atoms with Gasteiger partial charge in [-0.15, -0.1) is 0 Å². The summed E-state index contributed by atoms with van der Waals surface area (Å²) in [5.41, 5.74) is 4.75. The number of nitrogens with zero attached hydrogens (tertiary/aromatic N) is 2. The van der Waals surface area contributed by atoms with Gasteiger partial charge >= 0.3 is 5.97 Å². The van der Waals surface area contributed by atoms with Gasteiger partial charge in [-0.05, 0) is 70.0 Å². The fraction of sp³-hybridized carbons (Fsp3) is 0.333. The van der Waals surface area contributed by atoms with Gasteiger partial charge in [0, 0.05) is 25.1 Å². The molecular formula is C33H38N2O4. The molecule has 0 aliphatic heterocycles. The molecule has 39 heavy (non-hydrogen) atoms. The Bertz CT molecular complexity index is 1350. The third kappa shape index (κ3) is 8.82. The Balaban J connectivity index is 1.39. The molecular weight excluding hydrogens is 488 g/mol. The number of carbonyl (C=O) groups is 1. The maximum absolute atomic E-state index is 12.7. The summed E-state index contributed by atoms with van der Waals surface area (Å²) in [6.45, 7) is 11.6. The van der Waals surface area contributed by atoms with Crippen LogP contribution in [0.3, 0.4) is 0 Å². The number of hydrogen-bond acceptors (Lipinski definition) is 6. The highest BCUT2D eigenvalue weighted by atomic mass is 16.6. The fourth-order valence-electron chi connectivity index (χ4n) is 4.30. The molecule has 1 aromatic heterocycles. The average molecular weight is 527 g/mol. The zero-order chi connectivity index (χ0) is 27.8. The molecule has 0 saturated carbocycles. The van der Waals surface area contributed by atoms with Crippen molar-refractivity contribution in [1.29, 1.82) is 0 Å².